The van der Waals surface area contributed by atoms with Crippen LogP contribution in [0.2, 0.25) is 0 Å². The maximum atomic E-state index is 5.67. The summed E-state index contributed by atoms with van der Waals surface area (Å²) < 4.78 is 1.00. The topological polar surface area (TPSA) is 26.0 Å². The summed E-state index contributed by atoms with van der Waals surface area (Å²) in [7, 11) is 0. The number of hydrogen-bond acceptors (Lipinski definition) is 1. The lowest BCUT2D eigenvalue weighted by molar-refractivity contribution is 0.647. The fraction of sp³-hybridized carbons (Fsp3) is 0.400. The van der Waals surface area contributed by atoms with Crippen LogP contribution < -0.4 is 5.73 Å². The van der Waals surface area contributed by atoms with Crippen molar-refractivity contribution in [3.8, 4) is 0 Å². The highest BCUT2D eigenvalue weighted by Gasteiger charge is 2.00. The van der Waals surface area contributed by atoms with Gasteiger partial charge in [-0.1, -0.05) is 19.9 Å². The molecule has 1 rings (SSSR count). The van der Waals surface area contributed by atoms with E-state index in [9.17, 15) is 0 Å². The number of rotatable bonds is 2. The number of anilines is 1. The second kappa shape index (κ2) is 3.94. The van der Waals surface area contributed by atoms with Crippen LogP contribution in [0.25, 0.3) is 0 Å². The van der Waals surface area contributed by atoms with Crippen LogP contribution in [-0.2, 0) is 6.42 Å². The molecule has 1 aromatic carbocycles. The predicted octanol–water partition coefficient (Wildman–Crippen LogP) is 3.23. The summed E-state index contributed by atoms with van der Waals surface area (Å²) in [5.74, 6) is 0.695. The molecule has 0 aliphatic carbocycles. The van der Waals surface area contributed by atoms with Gasteiger partial charge >= 0.3 is 0 Å². The van der Waals surface area contributed by atoms with E-state index in [2.05, 4.69) is 41.9 Å². The average molecular weight is 228 g/mol. The van der Waals surface area contributed by atoms with Gasteiger partial charge in [-0.3, -0.25) is 0 Å². The Morgan fingerprint density at radius 2 is 2.08 bits per heavy atom. The van der Waals surface area contributed by atoms with E-state index in [4.69, 9.17) is 5.73 Å². The summed E-state index contributed by atoms with van der Waals surface area (Å²) in [6, 6.07) is 6.12. The van der Waals surface area contributed by atoms with Crippen molar-refractivity contribution < 1.29 is 0 Å². The third kappa shape index (κ3) is 2.52. The minimum atomic E-state index is 0.695. The van der Waals surface area contributed by atoms with Gasteiger partial charge in [-0.2, -0.15) is 0 Å². The van der Waals surface area contributed by atoms with Crippen LogP contribution in [0.4, 0.5) is 5.69 Å². The molecule has 0 bridgehead atoms. The Morgan fingerprint density at radius 3 is 2.58 bits per heavy atom. The molecule has 0 saturated heterocycles. The van der Waals surface area contributed by atoms with E-state index in [1.807, 2.05) is 6.07 Å². The Balaban J connectivity index is 2.82. The minimum Gasteiger partial charge on any atom is -0.398 e. The molecule has 0 heterocycles. The molecule has 0 aliphatic rings. The van der Waals surface area contributed by atoms with Gasteiger partial charge in [0.15, 0.2) is 0 Å². The lowest BCUT2D eigenvalue weighted by Gasteiger charge is -2.06. The molecule has 0 saturated carbocycles. The van der Waals surface area contributed by atoms with Crippen molar-refractivity contribution in [2.24, 2.45) is 5.92 Å². The second-order valence-electron chi connectivity index (χ2n) is 3.45. The first-order valence-electron chi connectivity index (χ1n) is 4.13. The molecule has 0 radical (unpaired) electrons. The highest BCUT2D eigenvalue weighted by atomic mass is 79.9. The van der Waals surface area contributed by atoms with Crippen molar-refractivity contribution >= 4 is 21.6 Å². The first-order chi connectivity index (χ1) is 5.59. The van der Waals surface area contributed by atoms with E-state index in [1.54, 1.807) is 0 Å². The van der Waals surface area contributed by atoms with Crippen LogP contribution in [0, 0.1) is 5.92 Å². The third-order valence-corrected chi connectivity index (χ3v) is 2.40. The van der Waals surface area contributed by atoms with Gasteiger partial charge in [0.25, 0.3) is 0 Å². The number of benzene rings is 1. The number of hydrogen-bond donors (Lipinski definition) is 1. The summed E-state index contributed by atoms with van der Waals surface area (Å²) >= 11 is 3.41. The van der Waals surface area contributed by atoms with Crippen molar-refractivity contribution in [3.05, 3.63) is 28.2 Å². The van der Waals surface area contributed by atoms with Gasteiger partial charge in [0.1, 0.15) is 0 Å². The van der Waals surface area contributed by atoms with Crippen LogP contribution in [0.1, 0.15) is 19.4 Å². The zero-order chi connectivity index (χ0) is 9.14. The van der Waals surface area contributed by atoms with E-state index < -0.39 is 0 Å². The Bertz CT molecular complexity index is 269. The quantitative estimate of drug-likeness (QED) is 0.772. The van der Waals surface area contributed by atoms with Crippen molar-refractivity contribution in [1.82, 2.24) is 0 Å². The Kier molecular flexibility index (Phi) is 3.15. The lowest BCUT2D eigenvalue weighted by Crippen LogP contribution is -1.95. The molecule has 0 aliphatic heterocycles. The fourth-order valence-corrected chi connectivity index (χ4v) is 1.60. The number of halogens is 1. The molecule has 0 atom stereocenters. The molecule has 0 aromatic heterocycles. The number of nitrogen functional groups attached to an aromatic ring is 1. The normalized spacial score (nSPS) is 10.7. The highest BCUT2D eigenvalue weighted by molar-refractivity contribution is 9.10. The van der Waals surface area contributed by atoms with Crippen molar-refractivity contribution in [2.45, 2.75) is 20.3 Å². The van der Waals surface area contributed by atoms with E-state index in [0.29, 0.717) is 5.92 Å². The van der Waals surface area contributed by atoms with Crippen LogP contribution >= 0.6 is 15.9 Å². The molecule has 1 nitrogen and oxygen atoms in total. The Labute approximate surface area is 82.1 Å². The van der Waals surface area contributed by atoms with Crippen LogP contribution in [0.15, 0.2) is 22.7 Å². The first-order valence-corrected chi connectivity index (χ1v) is 4.93. The smallest absolute Gasteiger partial charge is 0.0458 e. The molecule has 1 aromatic rings. The molecule has 0 amide bonds. The summed E-state index contributed by atoms with van der Waals surface area (Å²) in [6.07, 6.45) is 1.11. The van der Waals surface area contributed by atoms with Crippen molar-refractivity contribution in [1.29, 1.82) is 0 Å². The average Bonchev–Trinajstić information content (AvgIpc) is 1.96. The molecular formula is C10H14BrN. The van der Waals surface area contributed by atoms with Gasteiger partial charge < -0.3 is 5.73 Å². The molecule has 66 valence electrons. The van der Waals surface area contributed by atoms with E-state index in [0.717, 1.165) is 16.6 Å². The highest BCUT2D eigenvalue weighted by Crippen LogP contribution is 2.21. The molecule has 0 fully saturated rings. The zero-order valence-corrected chi connectivity index (χ0v) is 9.06. The molecular weight excluding hydrogens is 214 g/mol. The van der Waals surface area contributed by atoms with Crippen molar-refractivity contribution in [3.63, 3.8) is 0 Å². The lowest BCUT2D eigenvalue weighted by atomic mass is 10.0. The van der Waals surface area contributed by atoms with Crippen molar-refractivity contribution in [2.75, 3.05) is 5.73 Å². The van der Waals surface area contributed by atoms with Gasteiger partial charge in [0.2, 0.25) is 0 Å². The predicted molar refractivity (Wildman–Crippen MR) is 57.1 cm³/mol. The molecule has 2 heteroatoms. The van der Waals surface area contributed by atoms with Crippen LogP contribution in [-0.4, -0.2) is 0 Å². The maximum Gasteiger partial charge on any atom is 0.0458 e. The Hall–Kier alpha value is -0.500. The first kappa shape index (κ1) is 9.59. The zero-order valence-electron chi connectivity index (χ0n) is 7.47. The van der Waals surface area contributed by atoms with Gasteiger partial charge in [-0.15, -0.1) is 0 Å². The minimum absolute atomic E-state index is 0.695. The standard InChI is InChI=1S/C10H14BrN/c1-7(2)5-8-3-4-10(12)9(11)6-8/h3-4,6-7H,5,12H2,1-2H3. The molecule has 0 spiro atoms. The van der Waals surface area contributed by atoms with E-state index in [1.165, 1.54) is 5.56 Å². The third-order valence-electron chi connectivity index (χ3n) is 1.71. The summed E-state index contributed by atoms with van der Waals surface area (Å²) in [5.41, 5.74) is 7.82. The van der Waals surface area contributed by atoms with Gasteiger partial charge in [-0.05, 0) is 46.0 Å². The van der Waals surface area contributed by atoms with Gasteiger partial charge in [-0.25, -0.2) is 0 Å². The molecule has 0 unspecified atom stereocenters. The molecule has 12 heavy (non-hydrogen) atoms. The van der Waals surface area contributed by atoms with Crippen LogP contribution in [0.5, 0.6) is 0 Å². The summed E-state index contributed by atoms with van der Waals surface area (Å²) in [6.45, 7) is 4.43. The summed E-state index contributed by atoms with van der Waals surface area (Å²) in [5, 5.41) is 0. The fourth-order valence-electron chi connectivity index (χ4n) is 1.17. The molecule has 2 N–H and O–H groups in total. The van der Waals surface area contributed by atoms with E-state index in [-0.39, 0.29) is 0 Å². The van der Waals surface area contributed by atoms with Gasteiger partial charge in [0, 0.05) is 10.2 Å². The monoisotopic (exact) mass is 227 g/mol. The van der Waals surface area contributed by atoms with Crippen LogP contribution in [0.3, 0.4) is 0 Å². The second-order valence-corrected chi connectivity index (χ2v) is 4.31. The van der Waals surface area contributed by atoms with E-state index >= 15 is 0 Å². The maximum absolute atomic E-state index is 5.67. The largest absolute Gasteiger partial charge is 0.398 e. The van der Waals surface area contributed by atoms with Gasteiger partial charge in [0.05, 0.1) is 0 Å². The number of nitrogens with two attached hydrogens (primary N) is 1. The SMILES string of the molecule is CC(C)Cc1ccc(N)c(Br)c1. The summed E-state index contributed by atoms with van der Waals surface area (Å²) in [4.78, 5) is 0. The Morgan fingerprint density at radius 1 is 1.42 bits per heavy atom.